The molecular weight excluding hydrogens is 192 g/mol. The summed E-state index contributed by atoms with van der Waals surface area (Å²) in [5.41, 5.74) is 7.85. The maximum absolute atomic E-state index is 11.7. The number of carbonyl (C=O) groups is 1. The number of amides is 1. The highest BCUT2D eigenvalue weighted by molar-refractivity contribution is 6.03. The molecule has 0 radical (unpaired) electrons. The van der Waals surface area contributed by atoms with Crippen LogP contribution in [-0.2, 0) is 6.42 Å². The largest absolute Gasteiger partial charge is 0.495 e. The van der Waals surface area contributed by atoms with Gasteiger partial charge >= 0.3 is 0 Å². The van der Waals surface area contributed by atoms with E-state index in [1.165, 1.54) is 0 Å². The highest BCUT2D eigenvalue weighted by Gasteiger charge is 2.25. The van der Waals surface area contributed by atoms with Crippen LogP contribution in [0.15, 0.2) is 12.1 Å². The van der Waals surface area contributed by atoms with Gasteiger partial charge in [0.05, 0.1) is 18.4 Å². The van der Waals surface area contributed by atoms with Gasteiger partial charge in [0, 0.05) is 6.04 Å². The predicted molar refractivity (Wildman–Crippen MR) is 58.0 cm³/mol. The van der Waals surface area contributed by atoms with E-state index in [2.05, 4.69) is 5.32 Å². The van der Waals surface area contributed by atoms with Crippen LogP contribution in [0.5, 0.6) is 5.75 Å². The van der Waals surface area contributed by atoms with E-state index in [4.69, 9.17) is 10.5 Å². The molecule has 1 heterocycles. The Balaban J connectivity index is 2.56. The SMILES string of the molecule is COc1ccc2c(c1N)C(=O)NC(C)C2. The van der Waals surface area contributed by atoms with Crippen LogP contribution in [-0.4, -0.2) is 19.1 Å². The zero-order valence-corrected chi connectivity index (χ0v) is 8.83. The van der Waals surface area contributed by atoms with Crippen molar-refractivity contribution in [1.29, 1.82) is 0 Å². The van der Waals surface area contributed by atoms with Gasteiger partial charge in [0.1, 0.15) is 5.75 Å². The first-order valence-electron chi connectivity index (χ1n) is 4.89. The molecule has 0 saturated carbocycles. The number of nitrogen functional groups attached to an aromatic ring is 1. The number of methoxy groups -OCH3 is 1. The Kier molecular flexibility index (Phi) is 2.26. The molecule has 0 bridgehead atoms. The van der Waals surface area contributed by atoms with Crippen molar-refractivity contribution in [2.45, 2.75) is 19.4 Å². The molecule has 0 aromatic heterocycles. The molecule has 0 saturated heterocycles. The van der Waals surface area contributed by atoms with Gasteiger partial charge in [0.2, 0.25) is 0 Å². The summed E-state index contributed by atoms with van der Waals surface area (Å²) in [5.74, 6) is 0.443. The monoisotopic (exact) mass is 206 g/mol. The summed E-state index contributed by atoms with van der Waals surface area (Å²) in [6.07, 6.45) is 0.815. The van der Waals surface area contributed by atoms with Gasteiger partial charge in [0.25, 0.3) is 5.91 Å². The van der Waals surface area contributed by atoms with Crippen molar-refractivity contribution in [2.24, 2.45) is 0 Å². The van der Waals surface area contributed by atoms with Crippen molar-refractivity contribution < 1.29 is 9.53 Å². The lowest BCUT2D eigenvalue weighted by Gasteiger charge is -2.24. The van der Waals surface area contributed by atoms with Crippen molar-refractivity contribution in [3.63, 3.8) is 0 Å². The first kappa shape index (κ1) is 9.83. The molecule has 1 atom stereocenters. The second-order valence-corrected chi connectivity index (χ2v) is 3.79. The summed E-state index contributed by atoms with van der Waals surface area (Å²) in [6.45, 7) is 1.97. The van der Waals surface area contributed by atoms with Crippen LogP contribution in [0.4, 0.5) is 5.69 Å². The van der Waals surface area contributed by atoms with E-state index < -0.39 is 0 Å². The van der Waals surface area contributed by atoms with Crippen LogP contribution in [0.3, 0.4) is 0 Å². The maximum Gasteiger partial charge on any atom is 0.254 e. The van der Waals surface area contributed by atoms with Crippen molar-refractivity contribution in [3.8, 4) is 5.75 Å². The molecule has 4 nitrogen and oxygen atoms in total. The van der Waals surface area contributed by atoms with Gasteiger partial charge < -0.3 is 15.8 Å². The van der Waals surface area contributed by atoms with E-state index in [9.17, 15) is 4.79 Å². The number of ether oxygens (including phenoxy) is 1. The lowest BCUT2D eigenvalue weighted by atomic mass is 9.94. The molecule has 0 aliphatic carbocycles. The minimum atomic E-state index is -0.111. The summed E-state index contributed by atoms with van der Waals surface area (Å²) in [4.78, 5) is 11.7. The molecule has 3 N–H and O–H groups in total. The van der Waals surface area contributed by atoms with Crippen LogP contribution >= 0.6 is 0 Å². The van der Waals surface area contributed by atoms with Crippen LogP contribution in [0.2, 0.25) is 0 Å². The second kappa shape index (κ2) is 3.46. The van der Waals surface area contributed by atoms with Crippen molar-refractivity contribution in [1.82, 2.24) is 5.32 Å². The number of fused-ring (bicyclic) bond motifs is 1. The lowest BCUT2D eigenvalue weighted by Crippen LogP contribution is -2.39. The van der Waals surface area contributed by atoms with Gasteiger partial charge in [-0.15, -0.1) is 0 Å². The zero-order valence-electron chi connectivity index (χ0n) is 8.83. The molecular formula is C11H14N2O2. The summed E-state index contributed by atoms with van der Waals surface area (Å²) >= 11 is 0. The third-order valence-corrected chi connectivity index (χ3v) is 2.64. The number of hydrogen-bond donors (Lipinski definition) is 2. The number of benzene rings is 1. The molecule has 1 aliphatic rings. The van der Waals surface area contributed by atoms with E-state index in [1.807, 2.05) is 13.0 Å². The number of rotatable bonds is 1. The molecule has 1 aromatic carbocycles. The fraction of sp³-hybridized carbons (Fsp3) is 0.364. The van der Waals surface area contributed by atoms with Gasteiger partial charge in [-0.1, -0.05) is 6.07 Å². The average Bonchev–Trinajstić information content (AvgIpc) is 2.17. The van der Waals surface area contributed by atoms with Gasteiger partial charge in [0.15, 0.2) is 0 Å². The summed E-state index contributed by atoms with van der Waals surface area (Å²) in [6, 6.07) is 3.87. The number of nitrogens with two attached hydrogens (primary N) is 1. The molecule has 0 fully saturated rings. The molecule has 0 spiro atoms. The predicted octanol–water partition coefficient (Wildman–Crippen LogP) is 0.952. The van der Waals surface area contributed by atoms with E-state index in [1.54, 1.807) is 13.2 Å². The Bertz CT molecular complexity index is 415. The Labute approximate surface area is 88.4 Å². The molecule has 1 unspecified atom stereocenters. The first-order chi connectivity index (χ1) is 7.13. The average molecular weight is 206 g/mol. The van der Waals surface area contributed by atoms with E-state index in [0.29, 0.717) is 17.0 Å². The fourth-order valence-corrected chi connectivity index (χ4v) is 1.94. The fourth-order valence-electron chi connectivity index (χ4n) is 1.94. The standard InChI is InChI=1S/C11H14N2O2/c1-6-5-7-3-4-8(15-2)10(12)9(7)11(14)13-6/h3-4,6H,5,12H2,1-2H3,(H,13,14). The number of anilines is 1. The Hall–Kier alpha value is -1.71. The van der Waals surface area contributed by atoms with Crippen LogP contribution in [0.1, 0.15) is 22.8 Å². The van der Waals surface area contributed by atoms with E-state index in [0.717, 1.165) is 12.0 Å². The van der Waals surface area contributed by atoms with E-state index in [-0.39, 0.29) is 11.9 Å². The van der Waals surface area contributed by atoms with Crippen LogP contribution in [0.25, 0.3) is 0 Å². The van der Waals surface area contributed by atoms with Crippen molar-refractivity contribution in [2.75, 3.05) is 12.8 Å². The molecule has 4 heteroatoms. The molecule has 1 amide bonds. The molecule has 15 heavy (non-hydrogen) atoms. The Morgan fingerprint density at radius 2 is 2.27 bits per heavy atom. The zero-order chi connectivity index (χ0) is 11.0. The van der Waals surface area contributed by atoms with Gasteiger partial charge in [-0.25, -0.2) is 0 Å². The third-order valence-electron chi connectivity index (χ3n) is 2.64. The summed E-state index contributed by atoms with van der Waals surface area (Å²) in [5, 5.41) is 2.85. The van der Waals surface area contributed by atoms with Crippen molar-refractivity contribution >= 4 is 11.6 Å². The first-order valence-corrected chi connectivity index (χ1v) is 4.89. The highest BCUT2D eigenvalue weighted by atomic mass is 16.5. The lowest BCUT2D eigenvalue weighted by molar-refractivity contribution is 0.0930. The second-order valence-electron chi connectivity index (χ2n) is 3.79. The topological polar surface area (TPSA) is 64.3 Å². The summed E-state index contributed by atoms with van der Waals surface area (Å²) in [7, 11) is 1.54. The smallest absolute Gasteiger partial charge is 0.254 e. The van der Waals surface area contributed by atoms with Crippen molar-refractivity contribution in [3.05, 3.63) is 23.3 Å². The number of nitrogens with one attached hydrogen (secondary N) is 1. The van der Waals surface area contributed by atoms with Gasteiger partial charge in [-0.05, 0) is 25.0 Å². The Morgan fingerprint density at radius 1 is 1.53 bits per heavy atom. The molecule has 1 aliphatic heterocycles. The number of carbonyl (C=O) groups excluding carboxylic acids is 1. The third kappa shape index (κ3) is 1.52. The van der Waals surface area contributed by atoms with Gasteiger partial charge in [-0.2, -0.15) is 0 Å². The number of hydrogen-bond acceptors (Lipinski definition) is 3. The minimum Gasteiger partial charge on any atom is -0.495 e. The normalized spacial score (nSPS) is 19.3. The molecule has 1 aromatic rings. The molecule has 2 rings (SSSR count). The highest BCUT2D eigenvalue weighted by Crippen LogP contribution is 2.30. The van der Waals surface area contributed by atoms with Gasteiger partial charge in [-0.3, -0.25) is 4.79 Å². The van der Waals surface area contributed by atoms with Crippen LogP contribution in [0, 0.1) is 0 Å². The summed E-state index contributed by atoms with van der Waals surface area (Å²) < 4.78 is 5.08. The Morgan fingerprint density at radius 3 is 2.93 bits per heavy atom. The van der Waals surface area contributed by atoms with E-state index >= 15 is 0 Å². The quantitative estimate of drug-likeness (QED) is 0.672. The minimum absolute atomic E-state index is 0.111. The molecule has 80 valence electrons. The van der Waals surface area contributed by atoms with Crippen LogP contribution < -0.4 is 15.8 Å². The maximum atomic E-state index is 11.7.